The van der Waals surface area contributed by atoms with Crippen LogP contribution in [-0.4, -0.2) is 61.2 Å². The Morgan fingerprint density at radius 1 is 1.06 bits per heavy atom. The fraction of sp³-hybridized carbons (Fsp3) is 0.500. The van der Waals surface area contributed by atoms with Crippen molar-refractivity contribution < 1.29 is 19.1 Å². The van der Waals surface area contributed by atoms with Gasteiger partial charge in [0.2, 0.25) is 17.8 Å². The molecule has 1 atom stereocenters. The number of hydrogen-bond donors (Lipinski definition) is 2. The Labute approximate surface area is 194 Å². The fourth-order valence-corrected chi connectivity index (χ4v) is 4.07. The van der Waals surface area contributed by atoms with Gasteiger partial charge in [0.15, 0.2) is 11.5 Å². The zero-order valence-corrected chi connectivity index (χ0v) is 20.0. The standard InChI is InChI=1S/C24H33N5O4/c1-15-12-16(2)26-24(25-15)29-10-8-19(9-11-29)28-23(31)20(27-17(3)30)13-18-6-7-21(32-4)22(14-18)33-5/h6-7,12,14,19-20H,8-11,13H2,1-5H3,(H,27,30)(H,28,31)/t20-/m1/s1. The molecule has 3 rings (SSSR count). The summed E-state index contributed by atoms with van der Waals surface area (Å²) in [6.45, 7) is 6.86. The van der Waals surface area contributed by atoms with Gasteiger partial charge in [-0.25, -0.2) is 9.97 Å². The first-order valence-corrected chi connectivity index (χ1v) is 11.1. The number of aryl methyl sites for hydroxylation is 2. The third-order valence-electron chi connectivity index (χ3n) is 5.68. The van der Waals surface area contributed by atoms with Crippen LogP contribution in [0.25, 0.3) is 0 Å². The van der Waals surface area contributed by atoms with Gasteiger partial charge in [-0.3, -0.25) is 9.59 Å². The molecule has 2 heterocycles. The van der Waals surface area contributed by atoms with E-state index in [1.54, 1.807) is 20.3 Å². The van der Waals surface area contributed by atoms with Crippen LogP contribution in [0.1, 0.15) is 36.7 Å². The summed E-state index contributed by atoms with van der Waals surface area (Å²) in [5, 5.41) is 5.89. The minimum absolute atomic E-state index is 0.0290. The monoisotopic (exact) mass is 455 g/mol. The summed E-state index contributed by atoms with van der Waals surface area (Å²) in [4.78, 5) is 36.0. The van der Waals surface area contributed by atoms with E-state index < -0.39 is 6.04 Å². The van der Waals surface area contributed by atoms with E-state index in [-0.39, 0.29) is 17.9 Å². The third kappa shape index (κ3) is 6.57. The van der Waals surface area contributed by atoms with E-state index in [0.29, 0.717) is 17.9 Å². The first-order chi connectivity index (χ1) is 15.8. The maximum Gasteiger partial charge on any atom is 0.243 e. The van der Waals surface area contributed by atoms with E-state index in [1.165, 1.54) is 6.92 Å². The Balaban J connectivity index is 1.62. The van der Waals surface area contributed by atoms with Crippen LogP contribution in [0.2, 0.25) is 0 Å². The van der Waals surface area contributed by atoms with Gasteiger partial charge in [-0.2, -0.15) is 0 Å². The van der Waals surface area contributed by atoms with Crippen molar-refractivity contribution in [1.29, 1.82) is 0 Å². The number of nitrogens with zero attached hydrogens (tertiary/aromatic N) is 3. The summed E-state index contributed by atoms with van der Waals surface area (Å²) in [6.07, 6.45) is 1.91. The summed E-state index contributed by atoms with van der Waals surface area (Å²) in [5.74, 6) is 1.49. The molecule has 9 heteroatoms. The number of amides is 2. The van der Waals surface area contributed by atoms with Gasteiger partial charge in [0.05, 0.1) is 14.2 Å². The van der Waals surface area contributed by atoms with E-state index in [9.17, 15) is 9.59 Å². The largest absolute Gasteiger partial charge is 0.493 e. The number of carbonyl (C=O) groups excluding carboxylic acids is 2. The Bertz CT molecular complexity index is 969. The van der Waals surface area contributed by atoms with Crippen molar-refractivity contribution in [2.24, 2.45) is 0 Å². The fourth-order valence-electron chi connectivity index (χ4n) is 4.07. The summed E-state index contributed by atoms with van der Waals surface area (Å²) in [5.41, 5.74) is 2.76. The minimum atomic E-state index is -0.679. The zero-order valence-electron chi connectivity index (χ0n) is 20.0. The molecule has 0 aliphatic carbocycles. The number of benzene rings is 1. The number of methoxy groups -OCH3 is 2. The molecule has 1 fully saturated rings. The van der Waals surface area contributed by atoms with Crippen LogP contribution in [0.3, 0.4) is 0 Å². The number of carbonyl (C=O) groups is 2. The van der Waals surface area contributed by atoms with E-state index in [0.717, 1.165) is 48.8 Å². The molecule has 0 saturated carbocycles. The van der Waals surface area contributed by atoms with Crippen LogP contribution in [0.4, 0.5) is 5.95 Å². The van der Waals surface area contributed by atoms with Crippen LogP contribution in [0.15, 0.2) is 24.3 Å². The minimum Gasteiger partial charge on any atom is -0.493 e. The average Bonchev–Trinajstić information content (AvgIpc) is 2.78. The van der Waals surface area contributed by atoms with Gasteiger partial charge < -0.3 is 25.0 Å². The number of aromatic nitrogens is 2. The molecule has 1 aliphatic heterocycles. The molecule has 33 heavy (non-hydrogen) atoms. The van der Waals surface area contributed by atoms with Gasteiger partial charge in [-0.15, -0.1) is 0 Å². The van der Waals surface area contributed by atoms with Crippen LogP contribution in [0.5, 0.6) is 11.5 Å². The number of piperidine rings is 1. The van der Waals surface area contributed by atoms with Gasteiger partial charge in [0, 0.05) is 43.9 Å². The Morgan fingerprint density at radius 3 is 2.27 bits per heavy atom. The molecular formula is C24H33N5O4. The molecule has 2 N–H and O–H groups in total. The Hall–Kier alpha value is -3.36. The van der Waals surface area contributed by atoms with Crippen molar-refractivity contribution in [2.45, 2.75) is 52.1 Å². The second kappa shape index (κ2) is 11.0. The molecule has 1 aromatic heterocycles. The van der Waals surface area contributed by atoms with Gasteiger partial charge in [-0.1, -0.05) is 6.07 Å². The van der Waals surface area contributed by atoms with Gasteiger partial charge in [0.25, 0.3) is 0 Å². The van der Waals surface area contributed by atoms with Crippen molar-refractivity contribution in [3.05, 3.63) is 41.2 Å². The summed E-state index contributed by atoms with van der Waals surface area (Å²) in [7, 11) is 3.14. The summed E-state index contributed by atoms with van der Waals surface area (Å²) >= 11 is 0. The van der Waals surface area contributed by atoms with Gasteiger partial charge >= 0.3 is 0 Å². The molecule has 0 bridgehead atoms. The zero-order chi connectivity index (χ0) is 24.0. The highest BCUT2D eigenvalue weighted by Crippen LogP contribution is 2.28. The number of ether oxygens (including phenoxy) is 2. The van der Waals surface area contributed by atoms with E-state index >= 15 is 0 Å². The van der Waals surface area contributed by atoms with Crippen LogP contribution in [0, 0.1) is 13.8 Å². The Kier molecular flexibility index (Phi) is 8.08. The molecule has 1 aromatic carbocycles. The van der Waals surface area contributed by atoms with Crippen molar-refractivity contribution in [3.63, 3.8) is 0 Å². The average molecular weight is 456 g/mol. The highest BCUT2D eigenvalue weighted by molar-refractivity contribution is 5.87. The highest BCUT2D eigenvalue weighted by atomic mass is 16.5. The van der Waals surface area contributed by atoms with E-state index in [2.05, 4.69) is 25.5 Å². The molecule has 1 saturated heterocycles. The number of hydrogen-bond acceptors (Lipinski definition) is 7. The Morgan fingerprint density at radius 2 is 1.70 bits per heavy atom. The molecule has 2 aromatic rings. The topological polar surface area (TPSA) is 106 Å². The van der Waals surface area contributed by atoms with Crippen molar-refractivity contribution in [2.75, 3.05) is 32.2 Å². The first-order valence-electron chi connectivity index (χ1n) is 11.1. The van der Waals surface area contributed by atoms with Crippen molar-refractivity contribution >= 4 is 17.8 Å². The SMILES string of the molecule is COc1ccc(C[C@@H](NC(C)=O)C(=O)NC2CCN(c3nc(C)cc(C)n3)CC2)cc1OC. The normalized spacial score (nSPS) is 15.0. The number of rotatable bonds is 8. The van der Waals surface area contributed by atoms with Crippen LogP contribution < -0.4 is 25.0 Å². The van der Waals surface area contributed by atoms with Crippen molar-refractivity contribution in [1.82, 2.24) is 20.6 Å². The van der Waals surface area contributed by atoms with Crippen LogP contribution >= 0.6 is 0 Å². The predicted octanol–water partition coefficient (Wildman–Crippen LogP) is 1.94. The number of nitrogens with one attached hydrogen (secondary N) is 2. The molecule has 0 spiro atoms. The smallest absolute Gasteiger partial charge is 0.243 e. The second-order valence-corrected chi connectivity index (χ2v) is 8.37. The quantitative estimate of drug-likeness (QED) is 0.627. The van der Waals surface area contributed by atoms with E-state index in [1.807, 2.05) is 32.0 Å². The van der Waals surface area contributed by atoms with Crippen molar-refractivity contribution in [3.8, 4) is 11.5 Å². The summed E-state index contributed by atoms with van der Waals surface area (Å²) < 4.78 is 10.6. The molecule has 9 nitrogen and oxygen atoms in total. The lowest BCUT2D eigenvalue weighted by atomic mass is 10.0. The summed E-state index contributed by atoms with van der Waals surface area (Å²) in [6, 6.07) is 6.79. The maximum absolute atomic E-state index is 13.0. The maximum atomic E-state index is 13.0. The molecule has 178 valence electrons. The highest BCUT2D eigenvalue weighted by Gasteiger charge is 2.27. The lowest BCUT2D eigenvalue weighted by molar-refractivity contribution is -0.128. The first kappa shape index (κ1) is 24.3. The number of anilines is 1. The van der Waals surface area contributed by atoms with Gasteiger partial charge in [-0.05, 0) is 50.5 Å². The molecule has 0 unspecified atom stereocenters. The lowest BCUT2D eigenvalue weighted by Crippen LogP contribution is -2.52. The van der Waals surface area contributed by atoms with Gasteiger partial charge in [0.1, 0.15) is 6.04 Å². The molecule has 2 amide bonds. The predicted molar refractivity (Wildman–Crippen MR) is 126 cm³/mol. The van der Waals surface area contributed by atoms with Crippen LogP contribution in [-0.2, 0) is 16.0 Å². The molecular weight excluding hydrogens is 422 g/mol. The molecule has 1 aliphatic rings. The lowest BCUT2D eigenvalue weighted by Gasteiger charge is -2.33. The van der Waals surface area contributed by atoms with E-state index in [4.69, 9.17) is 9.47 Å². The molecule has 0 radical (unpaired) electrons. The second-order valence-electron chi connectivity index (χ2n) is 8.37. The third-order valence-corrected chi connectivity index (χ3v) is 5.68.